The summed E-state index contributed by atoms with van der Waals surface area (Å²) in [5.41, 5.74) is 0.831. The van der Waals surface area contributed by atoms with Crippen molar-refractivity contribution in [1.29, 1.82) is 0 Å². The van der Waals surface area contributed by atoms with Gasteiger partial charge in [-0.2, -0.15) is 0 Å². The van der Waals surface area contributed by atoms with Gasteiger partial charge in [-0.15, -0.1) is 11.3 Å². The van der Waals surface area contributed by atoms with Crippen molar-refractivity contribution in [1.82, 2.24) is 5.32 Å². The number of thiophene rings is 1. The molecular formula is C14H14BrClFNS. The van der Waals surface area contributed by atoms with Crippen LogP contribution in [0.1, 0.15) is 23.4 Å². The van der Waals surface area contributed by atoms with Crippen LogP contribution in [0.2, 0.25) is 5.02 Å². The van der Waals surface area contributed by atoms with Crippen molar-refractivity contribution in [3.05, 3.63) is 55.4 Å². The molecule has 0 amide bonds. The molecule has 1 atom stereocenters. The number of likely N-dealkylation sites (N-methyl/N-ethyl adjacent to an activating group) is 1. The largest absolute Gasteiger partial charge is 0.309 e. The number of hydrogen-bond donors (Lipinski definition) is 1. The van der Waals surface area contributed by atoms with Crippen molar-refractivity contribution >= 4 is 38.9 Å². The molecule has 19 heavy (non-hydrogen) atoms. The normalized spacial score (nSPS) is 12.6. The lowest BCUT2D eigenvalue weighted by molar-refractivity contribution is 0.555. The van der Waals surface area contributed by atoms with Gasteiger partial charge in [0.1, 0.15) is 5.82 Å². The van der Waals surface area contributed by atoms with E-state index in [4.69, 9.17) is 11.6 Å². The van der Waals surface area contributed by atoms with Crippen LogP contribution in [0, 0.1) is 5.82 Å². The minimum Gasteiger partial charge on any atom is -0.309 e. The molecule has 0 aliphatic carbocycles. The summed E-state index contributed by atoms with van der Waals surface area (Å²) in [7, 11) is 0. The van der Waals surface area contributed by atoms with Crippen LogP contribution in [-0.4, -0.2) is 6.54 Å². The molecule has 1 aromatic carbocycles. The van der Waals surface area contributed by atoms with E-state index < -0.39 is 0 Å². The van der Waals surface area contributed by atoms with Gasteiger partial charge in [-0.05, 0) is 52.7 Å². The Labute approximate surface area is 129 Å². The molecule has 0 radical (unpaired) electrons. The fourth-order valence-electron chi connectivity index (χ4n) is 1.96. The second kappa shape index (κ2) is 6.84. The molecular weight excluding hydrogens is 349 g/mol. The molecule has 2 rings (SSSR count). The van der Waals surface area contributed by atoms with Gasteiger partial charge in [0.15, 0.2) is 0 Å². The van der Waals surface area contributed by atoms with E-state index in [0.29, 0.717) is 6.42 Å². The van der Waals surface area contributed by atoms with Crippen LogP contribution in [0.5, 0.6) is 0 Å². The zero-order chi connectivity index (χ0) is 13.8. The van der Waals surface area contributed by atoms with Crippen LogP contribution >= 0.6 is 38.9 Å². The number of halogens is 3. The van der Waals surface area contributed by atoms with Crippen molar-refractivity contribution in [3.8, 4) is 0 Å². The quantitative estimate of drug-likeness (QED) is 0.771. The third-order valence-corrected chi connectivity index (χ3v) is 5.00. The van der Waals surface area contributed by atoms with E-state index in [1.807, 2.05) is 12.1 Å². The van der Waals surface area contributed by atoms with E-state index >= 15 is 0 Å². The second-order valence-electron chi connectivity index (χ2n) is 4.17. The van der Waals surface area contributed by atoms with Gasteiger partial charge in [-0.1, -0.05) is 30.7 Å². The standard InChI is InChI=1S/C14H14BrClFNS/c1-2-18-11(12-6-7-13(15)19-12)8-9-4-3-5-10(17)14(9)16/h3-7,11,18H,2,8H2,1H3. The third-order valence-electron chi connectivity index (χ3n) is 2.84. The highest BCUT2D eigenvalue weighted by Crippen LogP contribution is 2.31. The maximum atomic E-state index is 13.5. The second-order valence-corrected chi connectivity index (χ2v) is 7.04. The Balaban J connectivity index is 2.23. The highest BCUT2D eigenvalue weighted by molar-refractivity contribution is 9.11. The van der Waals surface area contributed by atoms with E-state index in [1.54, 1.807) is 17.4 Å². The maximum absolute atomic E-state index is 13.5. The van der Waals surface area contributed by atoms with Gasteiger partial charge in [0, 0.05) is 10.9 Å². The summed E-state index contributed by atoms with van der Waals surface area (Å²) in [5.74, 6) is -0.359. The predicted octanol–water partition coefficient (Wildman–Crippen LogP) is 5.20. The predicted molar refractivity (Wildman–Crippen MR) is 83.6 cm³/mol. The fraction of sp³-hybridized carbons (Fsp3) is 0.286. The van der Waals surface area contributed by atoms with Gasteiger partial charge >= 0.3 is 0 Å². The van der Waals surface area contributed by atoms with Gasteiger partial charge in [0.25, 0.3) is 0 Å². The Morgan fingerprint density at radius 1 is 1.37 bits per heavy atom. The van der Waals surface area contributed by atoms with Crippen molar-refractivity contribution in [2.45, 2.75) is 19.4 Å². The smallest absolute Gasteiger partial charge is 0.142 e. The molecule has 1 heterocycles. The molecule has 0 aliphatic heterocycles. The van der Waals surface area contributed by atoms with Crippen LogP contribution < -0.4 is 5.32 Å². The van der Waals surface area contributed by atoms with Gasteiger partial charge in [0.2, 0.25) is 0 Å². The molecule has 1 aromatic heterocycles. The number of nitrogens with one attached hydrogen (secondary N) is 1. The van der Waals surface area contributed by atoms with Crippen LogP contribution in [-0.2, 0) is 6.42 Å². The Morgan fingerprint density at radius 2 is 2.16 bits per heavy atom. The average Bonchev–Trinajstić information content (AvgIpc) is 2.81. The van der Waals surface area contributed by atoms with Crippen molar-refractivity contribution < 1.29 is 4.39 Å². The monoisotopic (exact) mass is 361 g/mol. The first-order valence-electron chi connectivity index (χ1n) is 6.03. The molecule has 1 nitrogen and oxygen atoms in total. The molecule has 5 heteroatoms. The SMILES string of the molecule is CCNC(Cc1cccc(F)c1Cl)c1ccc(Br)s1. The first-order chi connectivity index (χ1) is 9.11. The Morgan fingerprint density at radius 3 is 2.79 bits per heavy atom. The molecule has 0 spiro atoms. The minimum atomic E-state index is -0.359. The first kappa shape index (κ1) is 15.0. The van der Waals surface area contributed by atoms with Gasteiger partial charge in [0.05, 0.1) is 8.81 Å². The summed E-state index contributed by atoms with van der Waals surface area (Å²) in [6.07, 6.45) is 0.678. The lowest BCUT2D eigenvalue weighted by atomic mass is 10.0. The van der Waals surface area contributed by atoms with E-state index in [-0.39, 0.29) is 16.9 Å². The van der Waals surface area contributed by atoms with Gasteiger partial charge < -0.3 is 5.32 Å². The van der Waals surface area contributed by atoms with Crippen LogP contribution in [0.3, 0.4) is 0 Å². The highest BCUT2D eigenvalue weighted by Gasteiger charge is 2.16. The zero-order valence-electron chi connectivity index (χ0n) is 10.4. The van der Waals surface area contributed by atoms with Crippen molar-refractivity contribution in [3.63, 3.8) is 0 Å². The highest BCUT2D eigenvalue weighted by atomic mass is 79.9. The molecule has 1 N–H and O–H groups in total. The third kappa shape index (κ3) is 3.78. The van der Waals surface area contributed by atoms with Crippen LogP contribution in [0.25, 0.3) is 0 Å². The molecule has 0 aliphatic rings. The zero-order valence-corrected chi connectivity index (χ0v) is 13.6. The van der Waals surface area contributed by atoms with E-state index in [0.717, 1.165) is 15.9 Å². The van der Waals surface area contributed by atoms with Crippen LogP contribution in [0.15, 0.2) is 34.1 Å². The minimum absolute atomic E-state index is 0.153. The molecule has 2 aromatic rings. The van der Waals surface area contributed by atoms with Crippen molar-refractivity contribution in [2.75, 3.05) is 6.54 Å². The summed E-state index contributed by atoms with van der Waals surface area (Å²) in [6, 6.07) is 9.21. The molecule has 0 saturated carbocycles. The fourth-order valence-corrected chi connectivity index (χ4v) is 3.66. The molecule has 0 fully saturated rings. The first-order valence-corrected chi connectivity index (χ1v) is 8.02. The molecule has 1 unspecified atom stereocenters. The maximum Gasteiger partial charge on any atom is 0.142 e. The topological polar surface area (TPSA) is 12.0 Å². The number of rotatable bonds is 5. The average molecular weight is 363 g/mol. The molecule has 0 saturated heterocycles. The molecule has 0 bridgehead atoms. The lowest BCUT2D eigenvalue weighted by Crippen LogP contribution is -2.22. The molecule has 102 valence electrons. The van der Waals surface area contributed by atoms with E-state index in [9.17, 15) is 4.39 Å². The Bertz CT molecular complexity index is 558. The summed E-state index contributed by atoms with van der Waals surface area (Å²) in [6.45, 7) is 2.91. The summed E-state index contributed by atoms with van der Waals surface area (Å²) < 4.78 is 14.6. The summed E-state index contributed by atoms with van der Waals surface area (Å²) >= 11 is 11.2. The lowest BCUT2D eigenvalue weighted by Gasteiger charge is -2.17. The van der Waals surface area contributed by atoms with E-state index in [1.165, 1.54) is 10.9 Å². The van der Waals surface area contributed by atoms with Crippen molar-refractivity contribution in [2.24, 2.45) is 0 Å². The van der Waals surface area contributed by atoms with Crippen LogP contribution in [0.4, 0.5) is 4.39 Å². The van der Waals surface area contributed by atoms with E-state index in [2.05, 4.69) is 34.2 Å². The summed E-state index contributed by atoms with van der Waals surface area (Å²) in [5, 5.41) is 3.64. The Kier molecular flexibility index (Phi) is 5.39. The summed E-state index contributed by atoms with van der Waals surface area (Å²) in [4.78, 5) is 1.22. The number of hydrogen-bond acceptors (Lipinski definition) is 2. The van der Waals surface area contributed by atoms with Gasteiger partial charge in [-0.3, -0.25) is 0 Å². The number of benzene rings is 1. The van der Waals surface area contributed by atoms with Gasteiger partial charge in [-0.25, -0.2) is 4.39 Å². The Hall–Kier alpha value is -0.420.